The molecule has 0 saturated heterocycles. The van der Waals surface area contributed by atoms with Crippen LogP contribution in [0.15, 0.2) is 87.8 Å². The summed E-state index contributed by atoms with van der Waals surface area (Å²) in [5.41, 5.74) is 3.24. The highest BCUT2D eigenvalue weighted by Crippen LogP contribution is 2.39. The number of aryl methyl sites for hydroxylation is 1. The lowest BCUT2D eigenvalue weighted by Crippen LogP contribution is -2.30. The predicted octanol–water partition coefficient (Wildman–Crippen LogP) is 6.02. The van der Waals surface area contributed by atoms with E-state index in [1.807, 2.05) is 19.1 Å². The lowest BCUT2D eigenvalue weighted by atomic mass is 10.0. The highest BCUT2D eigenvalue weighted by molar-refractivity contribution is 9.11. The van der Waals surface area contributed by atoms with Gasteiger partial charge in [0.2, 0.25) is 0 Å². The molecule has 2 amide bonds. The number of hydroxylamine groups is 1. The van der Waals surface area contributed by atoms with Crippen molar-refractivity contribution in [3.63, 3.8) is 0 Å². The molecule has 0 saturated carbocycles. The van der Waals surface area contributed by atoms with Gasteiger partial charge in [-0.25, -0.2) is 10.3 Å². The van der Waals surface area contributed by atoms with E-state index in [2.05, 4.69) is 37.2 Å². The van der Waals surface area contributed by atoms with Crippen LogP contribution in [0.1, 0.15) is 17.2 Å². The summed E-state index contributed by atoms with van der Waals surface area (Å²) in [5, 5.41) is 22.3. The Morgan fingerprint density at radius 2 is 1.71 bits per heavy atom. The molecule has 0 bridgehead atoms. The maximum Gasteiger partial charge on any atom is 0.412 e. The van der Waals surface area contributed by atoms with E-state index in [4.69, 9.17) is 14.7 Å². The standard InChI is InChI=1S/C25H22Br2N2O6/c1-15-7-9-17(10-8-15)28-25(32)35-24(19-13-16(26)14-20(27)23(19)31)21(11-12-22(30)29-33)34-18-5-3-2-4-6-18/h2-14,21,24,31,33H,1H3,(H,28,32)(H,29,30)/b12-11+/t21-,24-/m1/s1. The fraction of sp³-hybridized carbons (Fsp3) is 0.120. The lowest BCUT2D eigenvalue weighted by molar-refractivity contribution is -0.124. The molecule has 0 heterocycles. The van der Waals surface area contributed by atoms with Gasteiger partial charge >= 0.3 is 6.09 Å². The number of anilines is 1. The molecular weight excluding hydrogens is 584 g/mol. The molecule has 35 heavy (non-hydrogen) atoms. The van der Waals surface area contributed by atoms with Crippen LogP contribution < -0.4 is 15.5 Å². The van der Waals surface area contributed by atoms with Gasteiger partial charge in [-0.3, -0.25) is 15.3 Å². The second-order valence-electron chi connectivity index (χ2n) is 7.37. The highest BCUT2D eigenvalue weighted by Gasteiger charge is 2.31. The molecule has 0 fully saturated rings. The number of hydrogen-bond donors (Lipinski definition) is 4. The van der Waals surface area contributed by atoms with E-state index in [-0.39, 0.29) is 11.3 Å². The first-order chi connectivity index (χ1) is 16.8. The fourth-order valence-electron chi connectivity index (χ4n) is 3.09. The first-order valence-electron chi connectivity index (χ1n) is 10.3. The molecule has 0 aromatic heterocycles. The molecule has 3 aromatic rings. The Labute approximate surface area is 218 Å². The molecule has 0 radical (unpaired) electrons. The summed E-state index contributed by atoms with van der Waals surface area (Å²) in [5.74, 6) is -0.565. The van der Waals surface area contributed by atoms with Gasteiger partial charge < -0.3 is 14.6 Å². The summed E-state index contributed by atoms with van der Waals surface area (Å²) < 4.78 is 12.7. The molecule has 3 aromatic carbocycles. The average Bonchev–Trinajstić information content (AvgIpc) is 2.84. The Hall–Kier alpha value is -3.34. The van der Waals surface area contributed by atoms with Crippen molar-refractivity contribution < 1.29 is 29.4 Å². The van der Waals surface area contributed by atoms with Crippen LogP contribution in [-0.4, -0.2) is 28.4 Å². The van der Waals surface area contributed by atoms with Gasteiger partial charge in [0.15, 0.2) is 12.2 Å². The number of rotatable bonds is 8. The number of aromatic hydroxyl groups is 1. The van der Waals surface area contributed by atoms with Gasteiger partial charge in [0.05, 0.1) is 4.47 Å². The van der Waals surface area contributed by atoms with E-state index < -0.39 is 24.2 Å². The third-order valence-electron chi connectivity index (χ3n) is 4.76. The molecule has 0 aliphatic heterocycles. The Kier molecular flexibility index (Phi) is 9.30. The summed E-state index contributed by atoms with van der Waals surface area (Å²) in [6.07, 6.45) is -0.749. The van der Waals surface area contributed by atoms with Crippen molar-refractivity contribution in [3.8, 4) is 11.5 Å². The van der Waals surface area contributed by atoms with Crippen molar-refractivity contribution in [1.29, 1.82) is 0 Å². The third-order valence-corrected chi connectivity index (χ3v) is 5.82. The van der Waals surface area contributed by atoms with Gasteiger partial charge in [-0.1, -0.05) is 51.8 Å². The van der Waals surface area contributed by atoms with Gasteiger partial charge in [0.1, 0.15) is 11.5 Å². The minimum Gasteiger partial charge on any atom is -0.506 e. The fourth-order valence-corrected chi connectivity index (χ4v) is 4.35. The summed E-state index contributed by atoms with van der Waals surface area (Å²) >= 11 is 6.67. The molecule has 0 spiro atoms. The molecule has 0 unspecified atom stereocenters. The highest BCUT2D eigenvalue weighted by atomic mass is 79.9. The number of carbonyl (C=O) groups excluding carboxylic acids is 2. The number of ether oxygens (including phenoxy) is 2. The van der Waals surface area contributed by atoms with Crippen LogP contribution in [0.4, 0.5) is 10.5 Å². The number of nitrogens with one attached hydrogen (secondary N) is 2. The average molecular weight is 606 g/mol. The van der Waals surface area contributed by atoms with E-state index in [0.29, 0.717) is 20.4 Å². The number of hydrogen-bond acceptors (Lipinski definition) is 6. The molecular formula is C25H22Br2N2O6. The molecule has 10 heteroatoms. The lowest BCUT2D eigenvalue weighted by Gasteiger charge is -2.27. The van der Waals surface area contributed by atoms with Crippen LogP contribution in [0.3, 0.4) is 0 Å². The zero-order valence-corrected chi connectivity index (χ0v) is 21.6. The van der Waals surface area contributed by atoms with Crippen molar-refractivity contribution in [3.05, 3.63) is 99.0 Å². The van der Waals surface area contributed by atoms with Gasteiger partial charge in [-0.2, -0.15) is 0 Å². The van der Waals surface area contributed by atoms with Crippen molar-refractivity contribution in [2.45, 2.75) is 19.1 Å². The van der Waals surface area contributed by atoms with Gasteiger partial charge in [-0.15, -0.1) is 0 Å². The van der Waals surface area contributed by atoms with Gasteiger partial charge in [0.25, 0.3) is 5.91 Å². The maximum absolute atomic E-state index is 12.9. The molecule has 0 aliphatic carbocycles. The number of halogens is 2. The van der Waals surface area contributed by atoms with E-state index in [1.54, 1.807) is 54.6 Å². The third kappa shape index (κ3) is 7.57. The number of para-hydroxylation sites is 1. The van der Waals surface area contributed by atoms with Crippen LogP contribution in [-0.2, 0) is 9.53 Å². The first-order valence-corrected chi connectivity index (χ1v) is 11.9. The molecule has 0 aliphatic rings. The van der Waals surface area contributed by atoms with E-state index >= 15 is 0 Å². The molecule has 3 rings (SSSR count). The van der Waals surface area contributed by atoms with Crippen molar-refractivity contribution >= 4 is 49.5 Å². The quantitative estimate of drug-likeness (QED) is 0.142. The zero-order valence-electron chi connectivity index (χ0n) is 18.4. The number of carbonyl (C=O) groups is 2. The van der Waals surface area contributed by atoms with Crippen LogP contribution in [0.25, 0.3) is 0 Å². The monoisotopic (exact) mass is 604 g/mol. The summed E-state index contributed by atoms with van der Waals surface area (Å²) in [4.78, 5) is 24.6. The molecule has 182 valence electrons. The Balaban J connectivity index is 2.02. The SMILES string of the molecule is Cc1ccc(NC(=O)O[C@H](c2cc(Br)cc(Br)c2O)[C@@H](/C=C/C(=O)NO)Oc2ccccc2)cc1. The smallest absolute Gasteiger partial charge is 0.412 e. The van der Waals surface area contributed by atoms with Crippen molar-refractivity contribution in [1.82, 2.24) is 5.48 Å². The normalized spacial score (nSPS) is 12.6. The first kappa shape index (κ1) is 26.3. The van der Waals surface area contributed by atoms with Crippen LogP contribution in [0, 0.1) is 6.92 Å². The second kappa shape index (κ2) is 12.4. The second-order valence-corrected chi connectivity index (χ2v) is 9.14. The number of phenols is 1. The Bertz CT molecular complexity index is 1200. The van der Waals surface area contributed by atoms with Gasteiger partial charge in [-0.05, 0) is 65.3 Å². The largest absolute Gasteiger partial charge is 0.506 e. The van der Waals surface area contributed by atoms with E-state index in [1.165, 1.54) is 11.6 Å². The van der Waals surface area contributed by atoms with Crippen molar-refractivity contribution in [2.24, 2.45) is 0 Å². The number of benzene rings is 3. The summed E-state index contributed by atoms with van der Waals surface area (Å²) in [7, 11) is 0. The van der Waals surface area contributed by atoms with Gasteiger partial charge in [0, 0.05) is 21.8 Å². The summed E-state index contributed by atoms with van der Waals surface area (Å²) in [6, 6.07) is 19.0. The van der Waals surface area contributed by atoms with Crippen LogP contribution in [0.2, 0.25) is 0 Å². The predicted molar refractivity (Wildman–Crippen MR) is 137 cm³/mol. The Morgan fingerprint density at radius 1 is 1.03 bits per heavy atom. The van der Waals surface area contributed by atoms with Crippen LogP contribution in [0.5, 0.6) is 11.5 Å². The molecule has 8 nitrogen and oxygen atoms in total. The number of phenolic OH excluding ortho intramolecular Hbond substituents is 1. The van der Waals surface area contributed by atoms with E-state index in [0.717, 1.165) is 11.6 Å². The van der Waals surface area contributed by atoms with Crippen LogP contribution >= 0.6 is 31.9 Å². The zero-order chi connectivity index (χ0) is 25.4. The Morgan fingerprint density at radius 3 is 2.37 bits per heavy atom. The minimum absolute atomic E-state index is 0.178. The topological polar surface area (TPSA) is 117 Å². The summed E-state index contributed by atoms with van der Waals surface area (Å²) in [6.45, 7) is 1.92. The number of amides is 2. The molecule has 4 N–H and O–H groups in total. The minimum atomic E-state index is -1.21. The molecule has 2 atom stereocenters. The van der Waals surface area contributed by atoms with Crippen molar-refractivity contribution in [2.75, 3.05) is 5.32 Å². The maximum atomic E-state index is 12.9. The van der Waals surface area contributed by atoms with E-state index in [9.17, 15) is 14.7 Å².